The number of hydrogen-bond acceptors (Lipinski definition) is 4. The molecule has 5 nitrogen and oxygen atoms in total. The Morgan fingerprint density at radius 1 is 1.00 bits per heavy atom. The normalized spacial score (nSPS) is 11.4. The molecule has 0 aliphatic carbocycles. The molecule has 0 spiro atoms. The van der Waals surface area contributed by atoms with Gasteiger partial charge in [0.15, 0.2) is 5.82 Å². The van der Waals surface area contributed by atoms with E-state index in [-0.39, 0.29) is 5.82 Å². The molecule has 2 aromatic rings. The van der Waals surface area contributed by atoms with Gasteiger partial charge in [-0.25, -0.2) is 13.4 Å². The first-order valence-corrected chi connectivity index (χ1v) is 7.67. The van der Waals surface area contributed by atoms with E-state index in [1.54, 1.807) is 0 Å². The molecule has 6 heteroatoms. The predicted octanol–water partition coefficient (Wildman–Crippen LogP) is 2.51. The SMILES string of the molecule is Cc1cc(C)c(C)c(S(=O)(=O)Nc2cnccn2)c1C. The number of nitrogens with one attached hydrogen (secondary N) is 1. The molecule has 1 aromatic carbocycles. The van der Waals surface area contributed by atoms with Crippen LogP contribution in [0.5, 0.6) is 0 Å². The number of hydrogen-bond donors (Lipinski definition) is 1. The highest BCUT2D eigenvalue weighted by molar-refractivity contribution is 7.92. The van der Waals surface area contributed by atoms with E-state index in [0.717, 1.165) is 22.3 Å². The summed E-state index contributed by atoms with van der Waals surface area (Å²) in [4.78, 5) is 8.11. The highest BCUT2D eigenvalue weighted by atomic mass is 32.2. The van der Waals surface area contributed by atoms with Crippen LogP contribution in [-0.4, -0.2) is 18.4 Å². The van der Waals surface area contributed by atoms with Gasteiger partial charge in [-0.3, -0.25) is 9.71 Å². The summed E-state index contributed by atoms with van der Waals surface area (Å²) in [6.45, 7) is 7.44. The number of rotatable bonds is 3. The Morgan fingerprint density at radius 3 is 2.10 bits per heavy atom. The molecule has 0 fully saturated rings. The first-order chi connectivity index (χ1) is 9.33. The number of sulfonamides is 1. The van der Waals surface area contributed by atoms with Crippen LogP contribution in [-0.2, 0) is 10.0 Å². The first-order valence-electron chi connectivity index (χ1n) is 6.19. The van der Waals surface area contributed by atoms with Crippen LogP contribution in [0.1, 0.15) is 22.3 Å². The number of benzene rings is 1. The highest BCUT2D eigenvalue weighted by Gasteiger charge is 2.22. The summed E-state index contributed by atoms with van der Waals surface area (Å²) in [5.41, 5.74) is 3.41. The molecule has 0 amide bonds. The van der Waals surface area contributed by atoms with Crippen LogP contribution in [0.2, 0.25) is 0 Å². The maximum atomic E-state index is 12.6. The Bertz CT molecular complexity index is 715. The lowest BCUT2D eigenvalue weighted by Gasteiger charge is -2.16. The van der Waals surface area contributed by atoms with Crippen molar-refractivity contribution in [3.63, 3.8) is 0 Å². The minimum Gasteiger partial charge on any atom is -0.262 e. The average molecular weight is 291 g/mol. The van der Waals surface area contributed by atoms with Gasteiger partial charge in [0.2, 0.25) is 0 Å². The van der Waals surface area contributed by atoms with Crippen molar-refractivity contribution in [1.82, 2.24) is 9.97 Å². The highest BCUT2D eigenvalue weighted by Crippen LogP contribution is 2.27. The van der Waals surface area contributed by atoms with E-state index < -0.39 is 10.0 Å². The molecule has 0 unspecified atom stereocenters. The first kappa shape index (κ1) is 14.5. The van der Waals surface area contributed by atoms with Gasteiger partial charge in [-0.1, -0.05) is 6.07 Å². The summed E-state index contributed by atoms with van der Waals surface area (Å²) in [5, 5.41) is 0. The van der Waals surface area contributed by atoms with Gasteiger partial charge >= 0.3 is 0 Å². The molecule has 0 bridgehead atoms. The van der Waals surface area contributed by atoms with E-state index in [2.05, 4.69) is 14.7 Å². The summed E-state index contributed by atoms with van der Waals surface area (Å²) in [6, 6.07) is 1.99. The molecule has 2 rings (SSSR count). The zero-order chi connectivity index (χ0) is 14.9. The molecule has 0 aliphatic heterocycles. The maximum absolute atomic E-state index is 12.6. The Labute approximate surface area is 119 Å². The predicted molar refractivity (Wildman–Crippen MR) is 78.2 cm³/mol. The van der Waals surface area contributed by atoms with Gasteiger partial charge in [0, 0.05) is 12.4 Å². The van der Waals surface area contributed by atoms with Crippen LogP contribution < -0.4 is 4.72 Å². The molecule has 20 heavy (non-hydrogen) atoms. The van der Waals surface area contributed by atoms with Crippen molar-refractivity contribution in [2.45, 2.75) is 32.6 Å². The van der Waals surface area contributed by atoms with Gasteiger partial charge in [0.05, 0.1) is 11.1 Å². The van der Waals surface area contributed by atoms with Gasteiger partial charge < -0.3 is 0 Å². The standard InChI is InChI=1S/C14H17N3O2S/c1-9-7-10(2)12(4)14(11(9)3)20(18,19)17-13-8-15-5-6-16-13/h5-8H,1-4H3,(H,16,17). The zero-order valence-electron chi connectivity index (χ0n) is 11.9. The molecule has 0 aliphatic rings. The number of anilines is 1. The summed E-state index contributed by atoms with van der Waals surface area (Å²) >= 11 is 0. The molecule has 0 saturated carbocycles. The van der Waals surface area contributed by atoms with Crippen LogP contribution in [0, 0.1) is 27.7 Å². The summed E-state index contributed by atoms with van der Waals surface area (Å²) in [5.74, 6) is 0.213. The van der Waals surface area contributed by atoms with Crippen molar-refractivity contribution in [2.75, 3.05) is 4.72 Å². The van der Waals surface area contributed by atoms with Gasteiger partial charge in [-0.2, -0.15) is 0 Å². The lowest BCUT2D eigenvalue weighted by molar-refractivity contribution is 0.599. The van der Waals surface area contributed by atoms with Crippen LogP contribution in [0.4, 0.5) is 5.82 Å². The lowest BCUT2D eigenvalue weighted by Crippen LogP contribution is -2.17. The van der Waals surface area contributed by atoms with E-state index in [1.807, 2.05) is 33.8 Å². The summed E-state index contributed by atoms with van der Waals surface area (Å²) < 4.78 is 27.6. The Hall–Kier alpha value is -1.95. The summed E-state index contributed by atoms with van der Waals surface area (Å²) in [6.07, 6.45) is 4.31. The van der Waals surface area contributed by atoms with Gasteiger partial charge in [-0.15, -0.1) is 0 Å². The van der Waals surface area contributed by atoms with Crippen molar-refractivity contribution >= 4 is 15.8 Å². The van der Waals surface area contributed by atoms with Crippen LogP contribution >= 0.6 is 0 Å². The Kier molecular flexibility index (Phi) is 3.76. The maximum Gasteiger partial charge on any atom is 0.263 e. The Morgan fingerprint density at radius 2 is 1.60 bits per heavy atom. The third-order valence-electron chi connectivity index (χ3n) is 3.37. The second-order valence-corrected chi connectivity index (χ2v) is 6.40. The molecule has 0 saturated heterocycles. The van der Waals surface area contributed by atoms with Crippen molar-refractivity contribution in [2.24, 2.45) is 0 Å². The van der Waals surface area contributed by atoms with Gasteiger partial charge in [0.1, 0.15) is 0 Å². The van der Waals surface area contributed by atoms with Crippen LogP contribution in [0.25, 0.3) is 0 Å². The fourth-order valence-electron chi connectivity index (χ4n) is 2.12. The third-order valence-corrected chi connectivity index (χ3v) is 5.00. The lowest BCUT2D eigenvalue weighted by atomic mass is 10.0. The van der Waals surface area contributed by atoms with Crippen molar-refractivity contribution in [3.05, 3.63) is 46.9 Å². The van der Waals surface area contributed by atoms with Crippen molar-refractivity contribution < 1.29 is 8.42 Å². The second-order valence-electron chi connectivity index (χ2n) is 4.79. The molecule has 1 aromatic heterocycles. The third kappa shape index (κ3) is 2.65. The topological polar surface area (TPSA) is 72.0 Å². The Balaban J connectivity index is 2.56. The van der Waals surface area contributed by atoms with E-state index in [1.165, 1.54) is 18.6 Å². The molecule has 0 atom stereocenters. The van der Waals surface area contributed by atoms with Gasteiger partial charge in [0.25, 0.3) is 10.0 Å². The molecule has 1 N–H and O–H groups in total. The van der Waals surface area contributed by atoms with E-state index in [4.69, 9.17) is 0 Å². The zero-order valence-corrected chi connectivity index (χ0v) is 12.7. The second kappa shape index (κ2) is 5.20. The fourth-order valence-corrected chi connectivity index (χ4v) is 3.74. The molecule has 106 valence electrons. The molecule has 1 heterocycles. The average Bonchev–Trinajstić information content (AvgIpc) is 2.37. The summed E-state index contributed by atoms with van der Waals surface area (Å²) in [7, 11) is -3.67. The minimum absolute atomic E-state index is 0.213. The van der Waals surface area contributed by atoms with Crippen LogP contribution in [0.3, 0.4) is 0 Å². The smallest absolute Gasteiger partial charge is 0.262 e. The van der Waals surface area contributed by atoms with E-state index >= 15 is 0 Å². The fraction of sp³-hybridized carbons (Fsp3) is 0.286. The van der Waals surface area contributed by atoms with Crippen molar-refractivity contribution in [3.8, 4) is 0 Å². The quantitative estimate of drug-likeness (QED) is 0.943. The number of aromatic nitrogens is 2. The van der Waals surface area contributed by atoms with Crippen LogP contribution in [0.15, 0.2) is 29.6 Å². The number of nitrogens with zero attached hydrogens (tertiary/aromatic N) is 2. The van der Waals surface area contributed by atoms with Crippen molar-refractivity contribution in [1.29, 1.82) is 0 Å². The minimum atomic E-state index is -3.67. The largest absolute Gasteiger partial charge is 0.263 e. The molecule has 0 radical (unpaired) electrons. The van der Waals surface area contributed by atoms with Gasteiger partial charge in [-0.05, 0) is 49.9 Å². The van der Waals surface area contributed by atoms with E-state index in [9.17, 15) is 8.42 Å². The van der Waals surface area contributed by atoms with E-state index in [0.29, 0.717) is 4.90 Å². The molecular formula is C14H17N3O2S. The molecular weight excluding hydrogens is 274 g/mol. The monoisotopic (exact) mass is 291 g/mol. The number of aryl methyl sites for hydroxylation is 2.